The Morgan fingerprint density at radius 1 is 1.53 bits per heavy atom. The van der Waals surface area contributed by atoms with E-state index in [0.29, 0.717) is 13.2 Å². The van der Waals surface area contributed by atoms with Gasteiger partial charge in [0.05, 0.1) is 12.1 Å². The summed E-state index contributed by atoms with van der Waals surface area (Å²) in [5.41, 5.74) is 5.40. The molecule has 88 valence electrons. The van der Waals surface area contributed by atoms with Crippen LogP contribution in [0.4, 0.5) is 0 Å². The molecule has 0 aliphatic heterocycles. The molecule has 1 amide bonds. The second-order valence-electron chi connectivity index (χ2n) is 4.40. The molecule has 1 fully saturated rings. The van der Waals surface area contributed by atoms with Gasteiger partial charge in [-0.25, -0.2) is 0 Å². The zero-order valence-electron chi connectivity index (χ0n) is 9.71. The van der Waals surface area contributed by atoms with Gasteiger partial charge in [-0.3, -0.25) is 4.79 Å². The predicted molar refractivity (Wildman–Crippen MR) is 59.5 cm³/mol. The first-order chi connectivity index (χ1) is 7.08. The van der Waals surface area contributed by atoms with Crippen molar-refractivity contribution in [2.75, 3.05) is 13.2 Å². The van der Waals surface area contributed by atoms with Gasteiger partial charge in [0.2, 0.25) is 5.91 Å². The standard InChI is InChI=1S/C11H22N2O2/c1-3-15-8-9(2)13-10(14)11(12)6-4-5-7-11/h9H,3-8,12H2,1-2H3,(H,13,14). The molecule has 3 N–H and O–H groups in total. The normalized spacial score (nSPS) is 21.3. The van der Waals surface area contributed by atoms with Crippen molar-refractivity contribution in [3.8, 4) is 0 Å². The molecule has 4 nitrogen and oxygen atoms in total. The van der Waals surface area contributed by atoms with Crippen molar-refractivity contribution in [1.82, 2.24) is 5.32 Å². The fourth-order valence-electron chi connectivity index (χ4n) is 1.94. The van der Waals surface area contributed by atoms with Gasteiger partial charge in [0, 0.05) is 12.6 Å². The quantitative estimate of drug-likeness (QED) is 0.711. The Hall–Kier alpha value is -0.610. The lowest BCUT2D eigenvalue weighted by Gasteiger charge is -2.24. The van der Waals surface area contributed by atoms with E-state index in [0.717, 1.165) is 25.7 Å². The van der Waals surface area contributed by atoms with Crippen molar-refractivity contribution in [3.05, 3.63) is 0 Å². The van der Waals surface area contributed by atoms with Crippen molar-refractivity contribution in [3.63, 3.8) is 0 Å². The summed E-state index contributed by atoms with van der Waals surface area (Å²) in [7, 11) is 0. The number of nitrogens with two attached hydrogens (primary N) is 1. The minimum absolute atomic E-state index is 0.0211. The van der Waals surface area contributed by atoms with Crippen molar-refractivity contribution >= 4 is 5.91 Å². The summed E-state index contributed by atoms with van der Waals surface area (Å²) in [5, 5.41) is 2.91. The highest BCUT2D eigenvalue weighted by Gasteiger charge is 2.37. The molecule has 0 bridgehead atoms. The van der Waals surface area contributed by atoms with Crippen molar-refractivity contribution in [2.24, 2.45) is 5.73 Å². The lowest BCUT2D eigenvalue weighted by molar-refractivity contribution is -0.127. The molecule has 0 saturated heterocycles. The highest BCUT2D eigenvalue weighted by Crippen LogP contribution is 2.27. The van der Waals surface area contributed by atoms with Crippen molar-refractivity contribution in [2.45, 2.75) is 51.1 Å². The van der Waals surface area contributed by atoms with Crippen molar-refractivity contribution in [1.29, 1.82) is 0 Å². The number of nitrogens with one attached hydrogen (secondary N) is 1. The molecule has 1 aliphatic carbocycles. The maximum Gasteiger partial charge on any atom is 0.240 e. The monoisotopic (exact) mass is 214 g/mol. The third-order valence-electron chi connectivity index (χ3n) is 2.90. The van der Waals surface area contributed by atoms with Crippen LogP contribution in [0.15, 0.2) is 0 Å². The van der Waals surface area contributed by atoms with E-state index >= 15 is 0 Å². The van der Waals surface area contributed by atoms with Crippen LogP contribution in [0.3, 0.4) is 0 Å². The summed E-state index contributed by atoms with van der Waals surface area (Å²) < 4.78 is 5.24. The molecule has 0 aromatic carbocycles. The van der Waals surface area contributed by atoms with E-state index in [9.17, 15) is 4.79 Å². The lowest BCUT2D eigenvalue weighted by atomic mass is 9.98. The minimum Gasteiger partial charge on any atom is -0.380 e. The van der Waals surface area contributed by atoms with E-state index in [1.807, 2.05) is 13.8 Å². The van der Waals surface area contributed by atoms with Crippen LogP contribution in [-0.4, -0.2) is 30.7 Å². The van der Waals surface area contributed by atoms with Crippen LogP contribution < -0.4 is 11.1 Å². The average molecular weight is 214 g/mol. The molecule has 4 heteroatoms. The van der Waals surface area contributed by atoms with Gasteiger partial charge in [0.25, 0.3) is 0 Å². The first kappa shape index (κ1) is 12.5. The molecular weight excluding hydrogens is 192 g/mol. The van der Waals surface area contributed by atoms with Crippen LogP contribution in [0, 0.1) is 0 Å². The van der Waals surface area contributed by atoms with Gasteiger partial charge in [-0.1, -0.05) is 12.8 Å². The Morgan fingerprint density at radius 2 is 2.13 bits per heavy atom. The molecule has 0 aromatic heterocycles. The summed E-state index contributed by atoms with van der Waals surface area (Å²) in [4.78, 5) is 11.8. The zero-order chi connectivity index (χ0) is 11.3. The van der Waals surface area contributed by atoms with Crippen LogP contribution >= 0.6 is 0 Å². The highest BCUT2D eigenvalue weighted by molar-refractivity contribution is 5.86. The van der Waals surface area contributed by atoms with E-state index < -0.39 is 5.54 Å². The van der Waals surface area contributed by atoms with Gasteiger partial charge in [-0.2, -0.15) is 0 Å². The molecule has 1 rings (SSSR count). The van der Waals surface area contributed by atoms with Gasteiger partial charge in [0.15, 0.2) is 0 Å². The number of carbonyl (C=O) groups excluding carboxylic acids is 1. The molecule has 0 spiro atoms. The van der Waals surface area contributed by atoms with Gasteiger partial charge < -0.3 is 15.8 Å². The summed E-state index contributed by atoms with van der Waals surface area (Å²) >= 11 is 0. The number of hydrogen-bond acceptors (Lipinski definition) is 3. The lowest BCUT2D eigenvalue weighted by Crippen LogP contribution is -2.54. The maximum absolute atomic E-state index is 11.8. The second kappa shape index (κ2) is 5.47. The largest absolute Gasteiger partial charge is 0.380 e. The van der Waals surface area contributed by atoms with E-state index in [1.54, 1.807) is 0 Å². The Kier molecular flexibility index (Phi) is 4.54. The molecule has 1 atom stereocenters. The minimum atomic E-state index is -0.625. The zero-order valence-corrected chi connectivity index (χ0v) is 9.71. The first-order valence-corrected chi connectivity index (χ1v) is 5.76. The Morgan fingerprint density at radius 3 is 2.67 bits per heavy atom. The Bertz CT molecular complexity index is 213. The number of ether oxygens (including phenoxy) is 1. The van der Waals surface area contributed by atoms with Gasteiger partial charge in [-0.05, 0) is 26.7 Å². The van der Waals surface area contributed by atoms with Gasteiger partial charge in [0.1, 0.15) is 0 Å². The molecule has 1 unspecified atom stereocenters. The summed E-state index contributed by atoms with van der Waals surface area (Å²) in [6.45, 7) is 5.11. The van der Waals surface area contributed by atoms with Gasteiger partial charge >= 0.3 is 0 Å². The first-order valence-electron chi connectivity index (χ1n) is 5.76. The maximum atomic E-state index is 11.8. The van der Waals surface area contributed by atoms with Crippen LogP contribution in [0.2, 0.25) is 0 Å². The summed E-state index contributed by atoms with van der Waals surface area (Å²) in [6, 6.07) is 0.0403. The third-order valence-corrected chi connectivity index (χ3v) is 2.90. The van der Waals surface area contributed by atoms with E-state index in [-0.39, 0.29) is 11.9 Å². The van der Waals surface area contributed by atoms with E-state index in [4.69, 9.17) is 10.5 Å². The Labute approximate surface area is 91.5 Å². The molecule has 0 radical (unpaired) electrons. The van der Waals surface area contributed by atoms with E-state index in [2.05, 4.69) is 5.32 Å². The highest BCUT2D eigenvalue weighted by atomic mass is 16.5. The number of rotatable bonds is 5. The summed E-state index contributed by atoms with van der Waals surface area (Å²) in [6.07, 6.45) is 3.73. The molecule has 1 aliphatic rings. The van der Waals surface area contributed by atoms with E-state index in [1.165, 1.54) is 0 Å². The fraction of sp³-hybridized carbons (Fsp3) is 0.909. The van der Waals surface area contributed by atoms with Gasteiger partial charge in [-0.15, -0.1) is 0 Å². The molecule has 0 aromatic rings. The second-order valence-corrected chi connectivity index (χ2v) is 4.40. The Balaban J connectivity index is 2.34. The number of amides is 1. The van der Waals surface area contributed by atoms with Crippen LogP contribution in [0.5, 0.6) is 0 Å². The van der Waals surface area contributed by atoms with Crippen LogP contribution in [-0.2, 0) is 9.53 Å². The summed E-state index contributed by atoms with van der Waals surface area (Å²) in [5.74, 6) is -0.0211. The molecular formula is C11H22N2O2. The number of hydrogen-bond donors (Lipinski definition) is 2. The predicted octanol–water partition coefficient (Wildman–Crippen LogP) is 0.799. The SMILES string of the molecule is CCOCC(C)NC(=O)C1(N)CCCC1. The molecule has 1 saturated carbocycles. The average Bonchev–Trinajstić information content (AvgIpc) is 2.63. The topological polar surface area (TPSA) is 64.3 Å². The molecule has 0 heterocycles. The molecule has 15 heavy (non-hydrogen) atoms. The van der Waals surface area contributed by atoms with Crippen LogP contribution in [0.25, 0.3) is 0 Å². The third kappa shape index (κ3) is 3.47. The smallest absolute Gasteiger partial charge is 0.240 e. The van der Waals surface area contributed by atoms with Crippen LogP contribution in [0.1, 0.15) is 39.5 Å². The van der Waals surface area contributed by atoms with Crippen molar-refractivity contribution < 1.29 is 9.53 Å². The number of carbonyl (C=O) groups is 1. The fourth-order valence-corrected chi connectivity index (χ4v) is 1.94.